The standard InChI is InChI=1S/C14H24N2O3S/c1-5-14(2,3)16(4)20(17,18)11-10-19-13-8-6-12(15)7-9-13/h6-9H,5,10-11,15H2,1-4H3. The average molecular weight is 300 g/mol. The van der Waals surface area contributed by atoms with Crippen molar-refractivity contribution in [3.8, 4) is 5.75 Å². The van der Waals surface area contributed by atoms with Crippen molar-refractivity contribution in [1.29, 1.82) is 0 Å². The van der Waals surface area contributed by atoms with E-state index in [9.17, 15) is 8.42 Å². The summed E-state index contributed by atoms with van der Waals surface area (Å²) in [5, 5.41) is 0. The minimum Gasteiger partial charge on any atom is -0.492 e. The number of ether oxygens (including phenoxy) is 1. The number of nitrogens with two attached hydrogens (primary N) is 1. The Labute approximate surface area is 121 Å². The van der Waals surface area contributed by atoms with E-state index >= 15 is 0 Å². The normalized spacial score (nSPS) is 12.7. The third-order valence-corrected chi connectivity index (χ3v) is 5.64. The van der Waals surface area contributed by atoms with Crippen molar-refractivity contribution in [2.75, 3.05) is 25.1 Å². The Balaban J connectivity index is 2.58. The van der Waals surface area contributed by atoms with Crippen molar-refractivity contribution < 1.29 is 13.2 Å². The number of hydrogen-bond donors (Lipinski definition) is 1. The molecule has 0 unspecified atom stereocenters. The summed E-state index contributed by atoms with van der Waals surface area (Å²) in [5.74, 6) is 0.573. The van der Waals surface area contributed by atoms with E-state index in [4.69, 9.17) is 10.5 Å². The van der Waals surface area contributed by atoms with E-state index in [0.717, 1.165) is 6.42 Å². The monoisotopic (exact) mass is 300 g/mol. The summed E-state index contributed by atoms with van der Waals surface area (Å²) in [6.07, 6.45) is 0.752. The Kier molecular flexibility index (Phi) is 5.42. The molecule has 5 nitrogen and oxygen atoms in total. The fourth-order valence-electron chi connectivity index (χ4n) is 1.56. The molecule has 0 aliphatic heterocycles. The Morgan fingerprint density at radius 3 is 2.30 bits per heavy atom. The van der Waals surface area contributed by atoms with Crippen LogP contribution in [0.15, 0.2) is 24.3 Å². The minimum atomic E-state index is -3.32. The van der Waals surface area contributed by atoms with Gasteiger partial charge in [-0.1, -0.05) is 6.92 Å². The van der Waals surface area contributed by atoms with Gasteiger partial charge in [0.1, 0.15) is 12.4 Å². The molecule has 0 heterocycles. The molecule has 0 bridgehead atoms. The van der Waals surface area contributed by atoms with E-state index in [-0.39, 0.29) is 17.9 Å². The molecule has 1 aromatic carbocycles. The van der Waals surface area contributed by atoms with Gasteiger partial charge >= 0.3 is 0 Å². The first kappa shape index (κ1) is 16.8. The zero-order valence-corrected chi connectivity index (χ0v) is 13.4. The number of nitrogens with zero attached hydrogens (tertiary/aromatic N) is 1. The molecule has 0 spiro atoms. The van der Waals surface area contributed by atoms with Gasteiger partial charge in [0.25, 0.3) is 0 Å². The minimum absolute atomic E-state index is 0.0443. The highest BCUT2D eigenvalue weighted by Gasteiger charge is 2.31. The second-order valence-corrected chi connectivity index (χ2v) is 7.49. The lowest BCUT2D eigenvalue weighted by atomic mass is 10.0. The molecule has 6 heteroatoms. The predicted octanol–water partition coefficient (Wildman–Crippen LogP) is 2.10. The van der Waals surface area contributed by atoms with Gasteiger partial charge in [0.15, 0.2) is 0 Å². The maximum atomic E-state index is 12.2. The molecule has 0 aromatic heterocycles. The van der Waals surface area contributed by atoms with Crippen molar-refractivity contribution in [3.05, 3.63) is 24.3 Å². The molecule has 0 aliphatic rings. The molecule has 20 heavy (non-hydrogen) atoms. The smallest absolute Gasteiger partial charge is 0.217 e. The van der Waals surface area contributed by atoms with E-state index < -0.39 is 10.0 Å². The van der Waals surface area contributed by atoms with Crippen LogP contribution in [-0.2, 0) is 10.0 Å². The Bertz CT molecular complexity index is 524. The molecule has 2 N–H and O–H groups in total. The van der Waals surface area contributed by atoms with E-state index in [1.165, 1.54) is 4.31 Å². The van der Waals surface area contributed by atoms with Crippen LogP contribution in [0.25, 0.3) is 0 Å². The lowest BCUT2D eigenvalue weighted by molar-refractivity contribution is 0.253. The second-order valence-electron chi connectivity index (χ2n) is 5.37. The first-order valence-electron chi connectivity index (χ1n) is 6.64. The fraction of sp³-hybridized carbons (Fsp3) is 0.571. The topological polar surface area (TPSA) is 72.6 Å². The molecule has 1 rings (SSSR count). The maximum absolute atomic E-state index is 12.2. The van der Waals surface area contributed by atoms with Crippen LogP contribution in [0, 0.1) is 0 Å². The van der Waals surface area contributed by atoms with Crippen molar-refractivity contribution in [2.45, 2.75) is 32.7 Å². The van der Waals surface area contributed by atoms with Crippen LogP contribution in [0.1, 0.15) is 27.2 Å². The van der Waals surface area contributed by atoms with E-state index in [1.54, 1.807) is 31.3 Å². The van der Waals surface area contributed by atoms with Crippen molar-refractivity contribution in [1.82, 2.24) is 4.31 Å². The Morgan fingerprint density at radius 1 is 1.25 bits per heavy atom. The lowest BCUT2D eigenvalue weighted by Crippen LogP contribution is -2.46. The summed E-state index contributed by atoms with van der Waals surface area (Å²) < 4.78 is 31.3. The second kappa shape index (κ2) is 6.45. The van der Waals surface area contributed by atoms with Crippen LogP contribution in [-0.4, -0.2) is 37.7 Å². The summed E-state index contributed by atoms with van der Waals surface area (Å²) >= 11 is 0. The third-order valence-electron chi connectivity index (χ3n) is 3.63. The fourth-order valence-corrected chi connectivity index (χ4v) is 3.01. The van der Waals surface area contributed by atoms with Gasteiger partial charge in [-0.05, 0) is 44.5 Å². The molecule has 0 atom stereocenters. The first-order chi connectivity index (χ1) is 9.19. The zero-order valence-electron chi connectivity index (χ0n) is 12.6. The van der Waals surface area contributed by atoms with Gasteiger partial charge in [0, 0.05) is 18.3 Å². The summed E-state index contributed by atoms with van der Waals surface area (Å²) in [4.78, 5) is 0. The highest BCUT2D eigenvalue weighted by atomic mass is 32.2. The third kappa shape index (κ3) is 4.38. The molecular formula is C14H24N2O3S. The van der Waals surface area contributed by atoms with Crippen LogP contribution >= 0.6 is 0 Å². The van der Waals surface area contributed by atoms with Gasteiger partial charge in [-0.25, -0.2) is 8.42 Å². The number of benzene rings is 1. The quantitative estimate of drug-likeness (QED) is 0.783. The van der Waals surface area contributed by atoms with Gasteiger partial charge in [-0.15, -0.1) is 0 Å². The number of hydrogen-bond acceptors (Lipinski definition) is 4. The van der Waals surface area contributed by atoms with Gasteiger partial charge in [-0.3, -0.25) is 0 Å². The Morgan fingerprint density at radius 2 is 1.80 bits per heavy atom. The van der Waals surface area contributed by atoms with Crippen molar-refractivity contribution in [3.63, 3.8) is 0 Å². The summed E-state index contributed by atoms with van der Waals surface area (Å²) in [6, 6.07) is 6.88. The number of nitrogen functional groups attached to an aromatic ring is 1. The average Bonchev–Trinajstić information content (AvgIpc) is 2.40. The molecular weight excluding hydrogens is 276 g/mol. The van der Waals surface area contributed by atoms with E-state index in [1.807, 2.05) is 20.8 Å². The number of sulfonamides is 1. The molecule has 0 radical (unpaired) electrons. The summed E-state index contributed by atoms with van der Waals surface area (Å²) in [7, 11) is -1.71. The molecule has 0 fully saturated rings. The van der Waals surface area contributed by atoms with Crippen molar-refractivity contribution >= 4 is 15.7 Å². The molecule has 0 saturated carbocycles. The largest absolute Gasteiger partial charge is 0.492 e. The molecule has 1 aromatic rings. The van der Waals surface area contributed by atoms with Gasteiger partial charge < -0.3 is 10.5 Å². The molecule has 0 amide bonds. The van der Waals surface area contributed by atoms with Crippen LogP contribution in [0.5, 0.6) is 5.75 Å². The maximum Gasteiger partial charge on any atom is 0.217 e. The lowest BCUT2D eigenvalue weighted by Gasteiger charge is -2.33. The van der Waals surface area contributed by atoms with E-state index in [0.29, 0.717) is 11.4 Å². The van der Waals surface area contributed by atoms with Gasteiger partial charge in [0.2, 0.25) is 10.0 Å². The van der Waals surface area contributed by atoms with Gasteiger partial charge in [-0.2, -0.15) is 4.31 Å². The molecule has 0 aliphatic carbocycles. The Hall–Kier alpha value is -1.27. The number of rotatable bonds is 7. The summed E-state index contributed by atoms with van der Waals surface area (Å²) in [6.45, 7) is 5.91. The van der Waals surface area contributed by atoms with Crippen LogP contribution in [0.2, 0.25) is 0 Å². The number of anilines is 1. The molecule has 114 valence electrons. The highest BCUT2D eigenvalue weighted by molar-refractivity contribution is 7.89. The SMILES string of the molecule is CCC(C)(C)N(C)S(=O)(=O)CCOc1ccc(N)cc1. The van der Waals surface area contributed by atoms with Crippen LogP contribution in [0.4, 0.5) is 5.69 Å². The van der Waals surface area contributed by atoms with E-state index in [2.05, 4.69) is 0 Å². The first-order valence-corrected chi connectivity index (χ1v) is 8.25. The van der Waals surface area contributed by atoms with Crippen molar-refractivity contribution in [2.24, 2.45) is 0 Å². The zero-order chi connectivity index (χ0) is 15.4. The molecule has 0 saturated heterocycles. The predicted molar refractivity (Wildman–Crippen MR) is 82.3 cm³/mol. The summed E-state index contributed by atoms with van der Waals surface area (Å²) in [5.41, 5.74) is 5.83. The van der Waals surface area contributed by atoms with Crippen LogP contribution in [0.3, 0.4) is 0 Å². The van der Waals surface area contributed by atoms with Crippen LogP contribution < -0.4 is 10.5 Å². The van der Waals surface area contributed by atoms with Gasteiger partial charge in [0.05, 0.1) is 5.75 Å². The highest BCUT2D eigenvalue weighted by Crippen LogP contribution is 2.20.